The number of benzene rings is 1. The van der Waals surface area contributed by atoms with Gasteiger partial charge in [-0.1, -0.05) is 12.1 Å². The molecule has 0 aliphatic heterocycles. The molecule has 0 unspecified atom stereocenters. The van der Waals surface area contributed by atoms with Crippen molar-refractivity contribution in [2.45, 2.75) is 6.42 Å². The lowest BCUT2D eigenvalue weighted by Crippen LogP contribution is -2.30. The Morgan fingerprint density at radius 3 is 2.53 bits per heavy atom. The number of aromatic amines is 1. The minimum Gasteiger partial charge on any atom is -0.396 e. The van der Waals surface area contributed by atoms with Gasteiger partial charge in [-0.3, -0.25) is 14.3 Å². The van der Waals surface area contributed by atoms with Crippen LogP contribution in [0.25, 0.3) is 5.69 Å². The molecule has 0 amide bonds. The van der Waals surface area contributed by atoms with Gasteiger partial charge in [-0.05, 0) is 24.1 Å². The fourth-order valence-corrected chi connectivity index (χ4v) is 1.69. The second-order valence-corrected chi connectivity index (χ2v) is 3.92. The van der Waals surface area contributed by atoms with Crippen LogP contribution in [-0.2, 0) is 6.42 Å². The summed E-state index contributed by atoms with van der Waals surface area (Å²) in [5.74, 6) is 0. The number of nitrogens with zero attached hydrogens (tertiary/aromatic N) is 2. The first-order chi connectivity index (χ1) is 9.15. The summed E-state index contributed by atoms with van der Waals surface area (Å²) in [6.45, 7) is 0.0521. The van der Waals surface area contributed by atoms with E-state index in [1.807, 2.05) is 0 Å². The van der Waals surface area contributed by atoms with Gasteiger partial charge in [0.2, 0.25) is 0 Å². The first-order valence-electron chi connectivity index (χ1n) is 5.62. The number of hydrogen-bond acceptors (Lipinski definition) is 4. The summed E-state index contributed by atoms with van der Waals surface area (Å²) in [5.41, 5.74) is 0.0577. The lowest BCUT2D eigenvalue weighted by molar-refractivity contribution is 0.299. The number of aliphatic hydroxyl groups excluding tert-OH is 1. The Bertz CT molecular complexity index is 735. The van der Waals surface area contributed by atoms with E-state index in [0.717, 1.165) is 5.56 Å². The normalized spacial score (nSPS) is 10.1. The van der Waals surface area contributed by atoms with Crippen LogP contribution in [0, 0.1) is 11.3 Å². The Labute approximate surface area is 108 Å². The van der Waals surface area contributed by atoms with E-state index >= 15 is 0 Å². The number of aliphatic hydroxyl groups is 1. The summed E-state index contributed by atoms with van der Waals surface area (Å²) in [4.78, 5) is 25.0. The van der Waals surface area contributed by atoms with Crippen LogP contribution in [0.15, 0.2) is 40.1 Å². The fraction of sp³-hybridized carbons (Fsp3) is 0.154. The highest BCUT2D eigenvalue weighted by atomic mass is 16.3. The van der Waals surface area contributed by atoms with Gasteiger partial charge in [-0.15, -0.1) is 0 Å². The van der Waals surface area contributed by atoms with Crippen molar-refractivity contribution >= 4 is 0 Å². The van der Waals surface area contributed by atoms with Crippen LogP contribution in [0.5, 0.6) is 0 Å². The van der Waals surface area contributed by atoms with E-state index in [-0.39, 0.29) is 12.2 Å². The molecule has 0 saturated heterocycles. The molecule has 2 rings (SSSR count). The van der Waals surface area contributed by atoms with Gasteiger partial charge in [0.1, 0.15) is 11.6 Å². The van der Waals surface area contributed by atoms with Crippen molar-refractivity contribution < 1.29 is 5.11 Å². The lowest BCUT2D eigenvalue weighted by Gasteiger charge is -2.06. The molecule has 6 heteroatoms. The van der Waals surface area contributed by atoms with E-state index in [2.05, 4.69) is 4.98 Å². The van der Waals surface area contributed by atoms with Crippen molar-refractivity contribution in [1.82, 2.24) is 9.55 Å². The number of hydrogen-bond donors (Lipinski definition) is 2. The average molecular weight is 257 g/mol. The Morgan fingerprint density at radius 1 is 1.26 bits per heavy atom. The highest BCUT2D eigenvalue weighted by Crippen LogP contribution is 2.08. The van der Waals surface area contributed by atoms with Gasteiger partial charge in [0, 0.05) is 12.8 Å². The molecule has 2 N–H and O–H groups in total. The zero-order chi connectivity index (χ0) is 13.8. The van der Waals surface area contributed by atoms with Crippen molar-refractivity contribution in [2.75, 3.05) is 6.61 Å². The smallest absolute Gasteiger partial charge is 0.332 e. The maximum absolute atomic E-state index is 11.7. The van der Waals surface area contributed by atoms with Crippen LogP contribution < -0.4 is 11.2 Å². The number of H-pyrrole nitrogens is 1. The predicted octanol–water partition coefficient (Wildman–Crippen LogP) is -0.0677. The molecule has 0 spiro atoms. The molecule has 0 aliphatic rings. The summed E-state index contributed by atoms with van der Waals surface area (Å²) in [6.07, 6.45) is 1.74. The first-order valence-corrected chi connectivity index (χ1v) is 5.62. The molecule has 96 valence electrons. The maximum Gasteiger partial charge on any atom is 0.332 e. The molecule has 2 aromatic rings. The van der Waals surface area contributed by atoms with Gasteiger partial charge in [-0.25, -0.2) is 4.79 Å². The zero-order valence-corrected chi connectivity index (χ0v) is 9.96. The van der Waals surface area contributed by atoms with E-state index in [0.29, 0.717) is 12.1 Å². The number of nitriles is 1. The molecule has 1 aromatic carbocycles. The summed E-state index contributed by atoms with van der Waals surface area (Å²) in [6, 6.07) is 8.65. The van der Waals surface area contributed by atoms with E-state index in [4.69, 9.17) is 10.4 Å². The van der Waals surface area contributed by atoms with Crippen LogP contribution >= 0.6 is 0 Å². The second kappa shape index (κ2) is 5.33. The third-order valence-corrected chi connectivity index (χ3v) is 2.68. The molecule has 1 aromatic heterocycles. The lowest BCUT2D eigenvalue weighted by atomic mass is 10.1. The maximum atomic E-state index is 11.7. The summed E-state index contributed by atoms with van der Waals surface area (Å²) < 4.78 is 1.20. The van der Waals surface area contributed by atoms with Crippen molar-refractivity contribution in [3.05, 3.63) is 62.4 Å². The van der Waals surface area contributed by atoms with Crippen LogP contribution in [0.1, 0.15) is 11.1 Å². The number of nitrogens with one attached hydrogen (secondary N) is 1. The molecule has 19 heavy (non-hydrogen) atoms. The molecule has 0 aliphatic carbocycles. The van der Waals surface area contributed by atoms with Gasteiger partial charge < -0.3 is 5.11 Å². The van der Waals surface area contributed by atoms with Gasteiger partial charge in [0.15, 0.2) is 0 Å². The minimum absolute atomic E-state index is 0.0521. The van der Waals surface area contributed by atoms with Crippen LogP contribution in [-0.4, -0.2) is 21.3 Å². The van der Waals surface area contributed by atoms with E-state index in [1.54, 1.807) is 30.3 Å². The molecule has 6 nitrogen and oxygen atoms in total. The van der Waals surface area contributed by atoms with E-state index in [1.165, 1.54) is 10.8 Å². The molecule has 0 bridgehead atoms. The SMILES string of the molecule is N#Cc1cn(-c2ccc(CCO)cc2)c(=O)[nH]c1=O. The molecular formula is C13H11N3O3. The van der Waals surface area contributed by atoms with Gasteiger partial charge in [0.25, 0.3) is 5.56 Å². The molecule has 0 atom stereocenters. The number of aromatic nitrogens is 2. The Kier molecular flexibility index (Phi) is 3.59. The Balaban J connectivity index is 2.50. The van der Waals surface area contributed by atoms with Crippen molar-refractivity contribution in [3.8, 4) is 11.8 Å². The van der Waals surface area contributed by atoms with Gasteiger partial charge in [0.05, 0.1) is 5.69 Å². The first kappa shape index (κ1) is 12.8. The Morgan fingerprint density at radius 2 is 1.95 bits per heavy atom. The Hall–Kier alpha value is -2.65. The van der Waals surface area contributed by atoms with Crippen LogP contribution in [0.3, 0.4) is 0 Å². The molecule has 0 radical (unpaired) electrons. The highest BCUT2D eigenvalue weighted by molar-refractivity contribution is 5.36. The van der Waals surface area contributed by atoms with Gasteiger partial charge in [-0.2, -0.15) is 5.26 Å². The summed E-state index contributed by atoms with van der Waals surface area (Å²) >= 11 is 0. The van der Waals surface area contributed by atoms with Crippen LogP contribution in [0.2, 0.25) is 0 Å². The summed E-state index contributed by atoms with van der Waals surface area (Å²) in [5, 5.41) is 17.6. The van der Waals surface area contributed by atoms with Crippen molar-refractivity contribution in [2.24, 2.45) is 0 Å². The predicted molar refractivity (Wildman–Crippen MR) is 68.2 cm³/mol. The highest BCUT2D eigenvalue weighted by Gasteiger charge is 2.05. The zero-order valence-electron chi connectivity index (χ0n) is 9.96. The topological polar surface area (TPSA) is 98.9 Å². The molecule has 0 fully saturated rings. The molecular weight excluding hydrogens is 246 g/mol. The van der Waals surface area contributed by atoms with Crippen molar-refractivity contribution in [3.63, 3.8) is 0 Å². The number of rotatable bonds is 3. The summed E-state index contributed by atoms with van der Waals surface area (Å²) in [7, 11) is 0. The van der Waals surface area contributed by atoms with E-state index < -0.39 is 11.2 Å². The van der Waals surface area contributed by atoms with Gasteiger partial charge >= 0.3 is 5.69 Å². The van der Waals surface area contributed by atoms with Crippen LogP contribution in [0.4, 0.5) is 0 Å². The monoisotopic (exact) mass is 257 g/mol. The second-order valence-electron chi connectivity index (χ2n) is 3.92. The molecule has 1 heterocycles. The minimum atomic E-state index is -0.694. The largest absolute Gasteiger partial charge is 0.396 e. The average Bonchev–Trinajstić information content (AvgIpc) is 2.41. The van der Waals surface area contributed by atoms with Crippen molar-refractivity contribution in [1.29, 1.82) is 5.26 Å². The third-order valence-electron chi connectivity index (χ3n) is 2.68. The quantitative estimate of drug-likeness (QED) is 0.804. The molecule has 0 saturated carbocycles. The third kappa shape index (κ3) is 2.61. The fourth-order valence-electron chi connectivity index (χ4n) is 1.69. The van der Waals surface area contributed by atoms with E-state index in [9.17, 15) is 9.59 Å². The standard InChI is InChI=1S/C13H11N3O3/c14-7-10-8-16(13(19)15-12(10)18)11-3-1-9(2-4-11)5-6-17/h1-4,8,17H,5-6H2,(H,15,18,19).